The van der Waals surface area contributed by atoms with Crippen molar-refractivity contribution in [3.8, 4) is 0 Å². The topological polar surface area (TPSA) is 61.9 Å². The van der Waals surface area contributed by atoms with E-state index in [0.29, 0.717) is 38.8 Å². The van der Waals surface area contributed by atoms with E-state index in [2.05, 4.69) is 22.3 Å². The minimum Gasteiger partial charge on any atom is -0.366 e. The molecule has 1 aromatic rings. The van der Waals surface area contributed by atoms with E-state index in [9.17, 15) is 9.59 Å². The number of ether oxygens (including phenoxy) is 1. The lowest BCUT2D eigenvalue weighted by atomic mass is 9.94. The molecular weight excluding hydrogens is 378 g/mol. The highest BCUT2D eigenvalue weighted by Gasteiger charge is 2.38. The lowest BCUT2D eigenvalue weighted by Crippen LogP contribution is -2.52. The molecule has 1 saturated carbocycles. The molecule has 0 bridgehead atoms. The van der Waals surface area contributed by atoms with Crippen molar-refractivity contribution >= 4 is 24.2 Å². The number of nitrogens with zero attached hydrogens (tertiary/aromatic N) is 2. The highest BCUT2D eigenvalue weighted by atomic mass is 35.5. The fourth-order valence-corrected chi connectivity index (χ4v) is 4.06. The first-order chi connectivity index (χ1) is 13.2. The summed E-state index contributed by atoms with van der Waals surface area (Å²) in [5, 5.41) is 3.21. The van der Waals surface area contributed by atoms with E-state index in [1.54, 1.807) is 0 Å². The van der Waals surface area contributed by atoms with Gasteiger partial charge in [-0.1, -0.05) is 30.3 Å². The summed E-state index contributed by atoms with van der Waals surface area (Å²) in [6.45, 7) is 3.98. The van der Waals surface area contributed by atoms with Gasteiger partial charge in [0.15, 0.2) is 0 Å². The monoisotopic (exact) mass is 407 g/mol. The van der Waals surface area contributed by atoms with E-state index in [-0.39, 0.29) is 36.2 Å². The van der Waals surface area contributed by atoms with Crippen molar-refractivity contribution in [1.29, 1.82) is 0 Å². The number of amides is 2. The van der Waals surface area contributed by atoms with Gasteiger partial charge in [0.1, 0.15) is 6.10 Å². The van der Waals surface area contributed by atoms with Crippen molar-refractivity contribution in [3.63, 3.8) is 0 Å². The third kappa shape index (κ3) is 5.04. The number of hydrogen-bond donors (Lipinski definition) is 1. The van der Waals surface area contributed by atoms with Crippen molar-refractivity contribution < 1.29 is 14.3 Å². The average molecular weight is 408 g/mol. The normalized spacial score (nSPS) is 23.0. The number of rotatable bonds is 5. The molecule has 7 heteroatoms. The van der Waals surface area contributed by atoms with Crippen LogP contribution in [0.1, 0.15) is 31.2 Å². The zero-order chi connectivity index (χ0) is 18.6. The molecule has 3 fully saturated rings. The lowest BCUT2D eigenvalue weighted by Gasteiger charge is -2.36. The van der Waals surface area contributed by atoms with Crippen molar-refractivity contribution in [2.24, 2.45) is 5.92 Å². The molecule has 2 aliphatic heterocycles. The molecule has 3 aliphatic rings. The number of morpholine rings is 1. The Morgan fingerprint density at radius 3 is 2.43 bits per heavy atom. The quantitative estimate of drug-likeness (QED) is 0.808. The zero-order valence-electron chi connectivity index (χ0n) is 16.2. The highest BCUT2D eigenvalue weighted by Crippen LogP contribution is 2.32. The Labute approximate surface area is 173 Å². The Balaban J connectivity index is 0.00000225. The van der Waals surface area contributed by atoms with Gasteiger partial charge in [0.2, 0.25) is 5.91 Å². The number of piperidine rings is 1. The molecule has 1 atom stereocenters. The Hall–Kier alpha value is -1.63. The number of carbonyl (C=O) groups excluding carboxylic acids is 2. The van der Waals surface area contributed by atoms with Gasteiger partial charge in [-0.05, 0) is 31.2 Å². The molecule has 1 unspecified atom stereocenters. The number of benzene rings is 1. The van der Waals surface area contributed by atoms with E-state index < -0.39 is 0 Å². The highest BCUT2D eigenvalue weighted by molar-refractivity contribution is 5.85. The van der Waals surface area contributed by atoms with Crippen LogP contribution in [0, 0.1) is 5.92 Å². The summed E-state index contributed by atoms with van der Waals surface area (Å²) in [6.07, 6.45) is 3.36. The Morgan fingerprint density at radius 1 is 1.11 bits per heavy atom. The second-order valence-electron chi connectivity index (χ2n) is 7.85. The van der Waals surface area contributed by atoms with Gasteiger partial charge in [-0.3, -0.25) is 9.59 Å². The van der Waals surface area contributed by atoms with Gasteiger partial charge < -0.3 is 19.9 Å². The second kappa shape index (κ2) is 9.72. The van der Waals surface area contributed by atoms with Crippen molar-refractivity contribution in [1.82, 2.24) is 15.1 Å². The van der Waals surface area contributed by atoms with Crippen LogP contribution in [0.3, 0.4) is 0 Å². The van der Waals surface area contributed by atoms with Crippen LogP contribution in [-0.2, 0) is 20.9 Å². The van der Waals surface area contributed by atoms with Crippen LogP contribution in [0.15, 0.2) is 30.3 Å². The minimum atomic E-state index is -0.368. The molecular formula is C21H30ClN3O3. The van der Waals surface area contributed by atoms with Crippen LogP contribution in [0.25, 0.3) is 0 Å². The van der Waals surface area contributed by atoms with Crippen LogP contribution >= 0.6 is 12.4 Å². The summed E-state index contributed by atoms with van der Waals surface area (Å²) in [6, 6.07) is 10.6. The molecule has 1 N–H and O–H groups in total. The van der Waals surface area contributed by atoms with Crippen LogP contribution < -0.4 is 5.32 Å². The summed E-state index contributed by atoms with van der Waals surface area (Å²) in [5.41, 5.74) is 1.19. The molecule has 2 amide bonds. The molecule has 0 radical (unpaired) electrons. The molecule has 28 heavy (non-hydrogen) atoms. The summed E-state index contributed by atoms with van der Waals surface area (Å²) in [4.78, 5) is 29.7. The largest absolute Gasteiger partial charge is 0.366 e. The van der Waals surface area contributed by atoms with Crippen molar-refractivity contribution in [2.75, 3.05) is 32.8 Å². The third-order valence-electron chi connectivity index (χ3n) is 5.83. The molecule has 6 nitrogen and oxygen atoms in total. The fraction of sp³-hybridized carbons (Fsp3) is 0.619. The van der Waals surface area contributed by atoms with E-state index in [1.165, 1.54) is 5.56 Å². The minimum absolute atomic E-state index is 0. The zero-order valence-corrected chi connectivity index (χ0v) is 17.0. The number of nitrogens with one attached hydrogen (secondary N) is 1. The van der Waals surface area contributed by atoms with Gasteiger partial charge in [0, 0.05) is 44.7 Å². The molecule has 0 aromatic heterocycles. The van der Waals surface area contributed by atoms with Gasteiger partial charge in [-0.15, -0.1) is 12.4 Å². The summed E-state index contributed by atoms with van der Waals surface area (Å²) in [5.74, 6) is 0.365. The first-order valence-corrected chi connectivity index (χ1v) is 10.2. The smallest absolute Gasteiger partial charge is 0.253 e. The van der Waals surface area contributed by atoms with Gasteiger partial charge in [0.25, 0.3) is 5.91 Å². The molecule has 4 rings (SSSR count). The van der Waals surface area contributed by atoms with Crippen molar-refractivity contribution in [2.45, 2.75) is 44.4 Å². The number of hydrogen-bond acceptors (Lipinski definition) is 4. The molecule has 2 saturated heterocycles. The van der Waals surface area contributed by atoms with E-state index >= 15 is 0 Å². The van der Waals surface area contributed by atoms with Crippen LogP contribution in [0.4, 0.5) is 0 Å². The summed E-state index contributed by atoms with van der Waals surface area (Å²) < 4.78 is 5.58. The molecule has 1 aromatic carbocycles. The average Bonchev–Trinajstić information content (AvgIpc) is 3.58. The van der Waals surface area contributed by atoms with E-state index in [4.69, 9.17) is 4.74 Å². The van der Waals surface area contributed by atoms with E-state index in [0.717, 1.165) is 32.2 Å². The van der Waals surface area contributed by atoms with Gasteiger partial charge >= 0.3 is 0 Å². The maximum atomic E-state index is 13.2. The standard InChI is InChI=1S/C21H29N3O3.ClH/c25-20(24(18-6-7-18)15-16-4-2-1-3-5-16)17-8-11-23(12-9-17)21(26)19-14-22-10-13-27-19;/h1-5,17-19,22H,6-15H2;1H. The maximum Gasteiger partial charge on any atom is 0.253 e. The molecule has 154 valence electrons. The Morgan fingerprint density at radius 2 is 1.82 bits per heavy atom. The number of carbonyl (C=O) groups is 2. The van der Waals surface area contributed by atoms with Crippen molar-refractivity contribution in [3.05, 3.63) is 35.9 Å². The maximum absolute atomic E-state index is 13.2. The van der Waals surface area contributed by atoms with Crippen LogP contribution in [0.2, 0.25) is 0 Å². The second-order valence-corrected chi connectivity index (χ2v) is 7.85. The molecule has 1 aliphatic carbocycles. The summed E-state index contributed by atoms with van der Waals surface area (Å²) >= 11 is 0. The predicted octanol–water partition coefficient (Wildman–Crippen LogP) is 1.83. The fourth-order valence-electron chi connectivity index (χ4n) is 4.06. The molecule has 0 spiro atoms. The third-order valence-corrected chi connectivity index (χ3v) is 5.83. The van der Waals surface area contributed by atoms with Gasteiger partial charge in [-0.2, -0.15) is 0 Å². The molecule has 2 heterocycles. The number of likely N-dealkylation sites (tertiary alicyclic amines) is 1. The lowest BCUT2D eigenvalue weighted by molar-refractivity contribution is -0.149. The van der Waals surface area contributed by atoms with E-state index in [1.807, 2.05) is 23.1 Å². The SMILES string of the molecule is Cl.O=C(C1CNCCO1)N1CCC(C(=O)N(Cc2ccccc2)C2CC2)CC1. The van der Waals surface area contributed by atoms with Crippen LogP contribution in [-0.4, -0.2) is 66.5 Å². The Kier molecular flexibility index (Phi) is 7.32. The first kappa shape index (κ1) is 21.1. The number of halogens is 1. The van der Waals surface area contributed by atoms with Crippen LogP contribution in [0.5, 0.6) is 0 Å². The van der Waals surface area contributed by atoms with Gasteiger partial charge in [-0.25, -0.2) is 0 Å². The van der Waals surface area contributed by atoms with Gasteiger partial charge in [0.05, 0.1) is 6.61 Å². The Bertz CT molecular complexity index is 654. The predicted molar refractivity (Wildman–Crippen MR) is 109 cm³/mol. The summed E-state index contributed by atoms with van der Waals surface area (Å²) in [7, 11) is 0. The first-order valence-electron chi connectivity index (χ1n) is 10.2.